The van der Waals surface area contributed by atoms with E-state index in [2.05, 4.69) is 0 Å². The van der Waals surface area contributed by atoms with Crippen molar-refractivity contribution in [1.29, 1.82) is 0 Å². The Bertz CT molecular complexity index is 700. The number of carbonyl (C=O) groups excluding carboxylic acids is 2. The number of nitro groups is 1. The van der Waals surface area contributed by atoms with Crippen LogP contribution in [0.15, 0.2) is 18.2 Å². The van der Waals surface area contributed by atoms with Crippen LogP contribution in [0, 0.1) is 10.1 Å². The summed E-state index contributed by atoms with van der Waals surface area (Å²) in [6.07, 6.45) is 0. The molecular weight excluding hydrogens is 338 g/mol. The molecule has 2 N–H and O–H groups in total. The molecule has 1 aliphatic rings. The second-order valence-electron chi connectivity index (χ2n) is 6.45. The van der Waals surface area contributed by atoms with Crippen molar-refractivity contribution in [3.63, 3.8) is 0 Å². The summed E-state index contributed by atoms with van der Waals surface area (Å²) < 4.78 is 0. The fourth-order valence-corrected chi connectivity index (χ4v) is 2.89. The van der Waals surface area contributed by atoms with Crippen LogP contribution in [0.4, 0.5) is 11.4 Å². The number of carbonyl (C=O) groups is 2. The molecule has 0 aromatic heterocycles. The van der Waals surface area contributed by atoms with Gasteiger partial charge in [-0.1, -0.05) is 0 Å². The lowest BCUT2D eigenvalue weighted by atomic mass is 10.1. The molecule has 0 bridgehead atoms. The van der Waals surface area contributed by atoms with Gasteiger partial charge in [0, 0.05) is 64.4 Å². The zero-order valence-corrected chi connectivity index (χ0v) is 15.3. The molecule has 1 heterocycles. The number of nitrogens with zero attached hydrogens (tertiary/aromatic N) is 4. The van der Waals surface area contributed by atoms with Crippen molar-refractivity contribution in [3.8, 4) is 0 Å². The number of anilines is 1. The van der Waals surface area contributed by atoms with Crippen molar-refractivity contribution in [3.05, 3.63) is 33.9 Å². The predicted molar refractivity (Wildman–Crippen MR) is 98.2 cm³/mol. The van der Waals surface area contributed by atoms with Crippen LogP contribution in [-0.2, 0) is 4.79 Å². The lowest BCUT2D eigenvalue weighted by Gasteiger charge is -2.35. The molecule has 1 fully saturated rings. The average molecular weight is 363 g/mol. The number of nitro benzene ring substituents is 1. The first-order valence-electron chi connectivity index (χ1n) is 8.52. The van der Waals surface area contributed by atoms with Crippen molar-refractivity contribution in [2.24, 2.45) is 5.73 Å². The summed E-state index contributed by atoms with van der Waals surface area (Å²) in [6.45, 7) is 5.69. The highest BCUT2D eigenvalue weighted by atomic mass is 16.6. The van der Waals surface area contributed by atoms with Crippen LogP contribution in [0.1, 0.15) is 24.2 Å². The number of hydrogen-bond acceptors (Lipinski definition) is 6. The van der Waals surface area contributed by atoms with E-state index >= 15 is 0 Å². The summed E-state index contributed by atoms with van der Waals surface area (Å²) in [5.74, 6) is -0.309. The van der Waals surface area contributed by atoms with Crippen molar-refractivity contribution in [2.75, 3.05) is 44.7 Å². The molecule has 26 heavy (non-hydrogen) atoms. The fourth-order valence-electron chi connectivity index (χ4n) is 2.89. The third-order valence-corrected chi connectivity index (χ3v) is 4.81. The van der Waals surface area contributed by atoms with Crippen LogP contribution in [0.25, 0.3) is 0 Å². The highest BCUT2D eigenvalue weighted by Crippen LogP contribution is 2.30. The molecule has 2 amide bonds. The van der Waals surface area contributed by atoms with Crippen LogP contribution in [-0.4, -0.2) is 72.4 Å². The van der Waals surface area contributed by atoms with Crippen molar-refractivity contribution in [2.45, 2.75) is 19.9 Å². The monoisotopic (exact) mass is 363 g/mol. The van der Waals surface area contributed by atoms with Gasteiger partial charge >= 0.3 is 0 Å². The van der Waals surface area contributed by atoms with E-state index in [0.29, 0.717) is 38.4 Å². The smallest absolute Gasteiger partial charge is 0.293 e. The molecular formula is C17H25N5O4. The third kappa shape index (κ3) is 4.10. The van der Waals surface area contributed by atoms with Crippen molar-refractivity contribution >= 4 is 23.2 Å². The van der Waals surface area contributed by atoms with Gasteiger partial charge in [0.2, 0.25) is 5.91 Å². The highest BCUT2D eigenvalue weighted by Gasteiger charge is 2.27. The number of nitrogens with two attached hydrogens (primary N) is 1. The number of amides is 2. The number of likely N-dealkylation sites (N-methyl/N-ethyl adjacent to an activating group) is 1. The van der Waals surface area contributed by atoms with Crippen molar-refractivity contribution in [1.82, 2.24) is 9.80 Å². The summed E-state index contributed by atoms with van der Waals surface area (Å²) in [7, 11) is 1.63. The Morgan fingerprint density at radius 2 is 1.92 bits per heavy atom. The second kappa shape index (κ2) is 8.13. The van der Waals surface area contributed by atoms with Crippen LogP contribution in [0.5, 0.6) is 0 Å². The van der Waals surface area contributed by atoms with Crippen LogP contribution < -0.4 is 10.6 Å². The van der Waals surface area contributed by atoms with E-state index in [1.165, 1.54) is 17.9 Å². The first-order valence-corrected chi connectivity index (χ1v) is 8.52. The SMILES string of the molecule is CC(=O)N1CCN(c2ccc(C(=O)N(C)C(C)CN)cc2[N+](=O)[O-])CC1. The summed E-state index contributed by atoms with van der Waals surface area (Å²) in [6, 6.07) is 4.35. The van der Waals surface area contributed by atoms with Gasteiger partial charge in [-0.25, -0.2) is 0 Å². The summed E-state index contributed by atoms with van der Waals surface area (Å²) in [5.41, 5.74) is 6.19. The minimum absolute atomic E-state index is 0.00263. The maximum atomic E-state index is 12.5. The largest absolute Gasteiger partial charge is 0.362 e. The molecule has 1 aromatic rings. The third-order valence-electron chi connectivity index (χ3n) is 4.81. The predicted octanol–water partition coefficient (Wildman–Crippen LogP) is 0.683. The Kier molecular flexibility index (Phi) is 6.14. The maximum absolute atomic E-state index is 12.5. The summed E-state index contributed by atoms with van der Waals surface area (Å²) in [5, 5.41) is 11.5. The normalized spacial score (nSPS) is 15.5. The molecule has 1 atom stereocenters. The fraction of sp³-hybridized carbons (Fsp3) is 0.529. The van der Waals surface area contributed by atoms with Gasteiger partial charge in [-0.15, -0.1) is 0 Å². The number of hydrogen-bond donors (Lipinski definition) is 1. The molecule has 9 nitrogen and oxygen atoms in total. The Morgan fingerprint density at radius 3 is 2.42 bits per heavy atom. The van der Waals surface area contributed by atoms with E-state index in [1.54, 1.807) is 24.1 Å². The minimum atomic E-state index is -0.476. The first kappa shape index (κ1) is 19.6. The van der Waals surface area contributed by atoms with Gasteiger partial charge in [-0.05, 0) is 19.1 Å². The molecule has 0 saturated carbocycles. The zero-order chi connectivity index (χ0) is 19.4. The van der Waals surface area contributed by atoms with Crippen LogP contribution >= 0.6 is 0 Å². The Hall–Kier alpha value is -2.68. The molecule has 1 unspecified atom stereocenters. The molecule has 2 rings (SSSR count). The second-order valence-corrected chi connectivity index (χ2v) is 6.45. The molecule has 1 saturated heterocycles. The number of piperazine rings is 1. The lowest BCUT2D eigenvalue weighted by molar-refractivity contribution is -0.384. The molecule has 0 spiro atoms. The topological polar surface area (TPSA) is 113 Å². The van der Waals surface area contributed by atoms with E-state index < -0.39 is 4.92 Å². The summed E-state index contributed by atoms with van der Waals surface area (Å²) >= 11 is 0. The molecule has 0 radical (unpaired) electrons. The Morgan fingerprint density at radius 1 is 1.31 bits per heavy atom. The van der Waals surface area contributed by atoms with Crippen LogP contribution in [0.2, 0.25) is 0 Å². The molecule has 0 aliphatic carbocycles. The molecule has 9 heteroatoms. The van der Waals surface area contributed by atoms with Gasteiger partial charge in [-0.3, -0.25) is 19.7 Å². The molecule has 1 aromatic carbocycles. The Labute approximate surface area is 152 Å². The van der Waals surface area contributed by atoms with Crippen LogP contribution in [0.3, 0.4) is 0 Å². The number of rotatable bonds is 5. The quantitative estimate of drug-likeness (QED) is 0.608. The molecule has 1 aliphatic heterocycles. The van der Waals surface area contributed by atoms with Gasteiger partial charge in [0.05, 0.1) is 4.92 Å². The minimum Gasteiger partial charge on any atom is -0.362 e. The average Bonchev–Trinajstić information content (AvgIpc) is 2.65. The van der Waals surface area contributed by atoms with E-state index in [1.807, 2.05) is 11.8 Å². The number of benzene rings is 1. The van der Waals surface area contributed by atoms with E-state index in [0.717, 1.165) is 0 Å². The lowest BCUT2D eigenvalue weighted by Crippen LogP contribution is -2.48. The van der Waals surface area contributed by atoms with E-state index in [9.17, 15) is 19.7 Å². The standard InChI is InChI=1S/C17H25N5O4/c1-12(11-18)19(3)17(24)14-4-5-15(16(10-14)22(25)26)21-8-6-20(7-9-21)13(2)23/h4-5,10,12H,6-9,11,18H2,1-3H3. The Balaban J connectivity index is 2.26. The van der Waals surface area contributed by atoms with Gasteiger partial charge in [-0.2, -0.15) is 0 Å². The van der Waals surface area contributed by atoms with Gasteiger partial charge < -0.3 is 20.4 Å². The highest BCUT2D eigenvalue weighted by molar-refractivity contribution is 5.95. The van der Waals surface area contributed by atoms with Gasteiger partial charge in [0.1, 0.15) is 5.69 Å². The van der Waals surface area contributed by atoms with Gasteiger partial charge in [0.15, 0.2) is 0 Å². The van der Waals surface area contributed by atoms with Crippen molar-refractivity contribution < 1.29 is 14.5 Å². The van der Waals surface area contributed by atoms with E-state index in [-0.39, 0.29) is 29.1 Å². The molecule has 142 valence electrons. The van der Waals surface area contributed by atoms with E-state index in [4.69, 9.17) is 5.73 Å². The zero-order valence-electron chi connectivity index (χ0n) is 15.3. The van der Waals surface area contributed by atoms with Gasteiger partial charge in [0.25, 0.3) is 11.6 Å². The maximum Gasteiger partial charge on any atom is 0.293 e. The first-order chi connectivity index (χ1) is 12.3. The summed E-state index contributed by atoms with van der Waals surface area (Å²) in [4.78, 5) is 40.1.